The highest BCUT2D eigenvalue weighted by Gasteiger charge is 2.10. The summed E-state index contributed by atoms with van der Waals surface area (Å²) >= 11 is 0. The van der Waals surface area contributed by atoms with E-state index in [1.807, 2.05) is 42.7 Å². The van der Waals surface area contributed by atoms with Crippen LogP contribution in [0.5, 0.6) is 0 Å². The van der Waals surface area contributed by atoms with Crippen LogP contribution in [0.1, 0.15) is 30.8 Å². The number of aryl methyl sites for hydroxylation is 1. The number of hydrogen-bond acceptors (Lipinski definition) is 3. The topological polar surface area (TPSA) is 41.3 Å². The lowest BCUT2D eigenvalue weighted by Gasteiger charge is -2.19. The summed E-state index contributed by atoms with van der Waals surface area (Å²) in [7, 11) is 2.06. The molecule has 0 aliphatic heterocycles. The normalized spacial score (nSPS) is 12.8. The molecule has 0 amide bonds. The summed E-state index contributed by atoms with van der Waals surface area (Å²) in [6.45, 7) is 4.70. The van der Waals surface area contributed by atoms with E-state index < -0.39 is 6.10 Å². The van der Waals surface area contributed by atoms with Gasteiger partial charge in [-0.25, -0.2) is 4.98 Å². The molecule has 2 rings (SSSR count). The minimum Gasteiger partial charge on any atom is -0.388 e. The van der Waals surface area contributed by atoms with Crippen molar-refractivity contribution in [2.75, 3.05) is 13.6 Å². The largest absolute Gasteiger partial charge is 0.388 e. The smallest absolute Gasteiger partial charge is 0.122 e. The standard InChI is InChI=1S/C16H23N3O/c1-3-19-12-10-17-16(19)13-18(2)11-9-15(20)14-7-5-4-6-8-14/h4-8,10,12,15,20H,3,9,11,13H2,1-2H3/t15-/m1/s1. The highest BCUT2D eigenvalue weighted by Crippen LogP contribution is 2.16. The van der Waals surface area contributed by atoms with Crippen LogP contribution in [-0.4, -0.2) is 33.1 Å². The zero-order chi connectivity index (χ0) is 14.4. The van der Waals surface area contributed by atoms with E-state index in [2.05, 4.69) is 28.4 Å². The lowest BCUT2D eigenvalue weighted by molar-refractivity contribution is 0.146. The summed E-state index contributed by atoms with van der Waals surface area (Å²) in [6.07, 6.45) is 4.17. The number of nitrogens with zero attached hydrogens (tertiary/aromatic N) is 3. The van der Waals surface area contributed by atoms with Crippen LogP contribution in [0.3, 0.4) is 0 Å². The second-order valence-electron chi connectivity index (χ2n) is 5.08. The van der Waals surface area contributed by atoms with E-state index in [4.69, 9.17) is 0 Å². The molecule has 4 heteroatoms. The molecule has 0 aliphatic carbocycles. The Morgan fingerprint density at radius 2 is 2.05 bits per heavy atom. The molecule has 2 aromatic rings. The van der Waals surface area contributed by atoms with Crippen LogP contribution in [0.15, 0.2) is 42.7 Å². The molecule has 1 aromatic carbocycles. The molecule has 4 nitrogen and oxygen atoms in total. The Hall–Kier alpha value is -1.65. The van der Waals surface area contributed by atoms with E-state index in [9.17, 15) is 5.11 Å². The molecule has 1 N–H and O–H groups in total. The number of aliphatic hydroxyl groups excluding tert-OH is 1. The Bertz CT molecular complexity index is 509. The number of aliphatic hydroxyl groups is 1. The molecule has 1 heterocycles. The first-order chi connectivity index (χ1) is 9.70. The molecular weight excluding hydrogens is 250 g/mol. The molecule has 0 spiro atoms. The molecule has 0 unspecified atom stereocenters. The first-order valence-electron chi connectivity index (χ1n) is 7.12. The molecule has 0 aliphatic rings. The van der Waals surface area contributed by atoms with E-state index in [-0.39, 0.29) is 0 Å². The van der Waals surface area contributed by atoms with Gasteiger partial charge in [0.1, 0.15) is 5.82 Å². The van der Waals surface area contributed by atoms with Crippen molar-refractivity contribution in [1.82, 2.24) is 14.5 Å². The van der Waals surface area contributed by atoms with Crippen LogP contribution in [0, 0.1) is 0 Å². The maximum Gasteiger partial charge on any atom is 0.122 e. The van der Waals surface area contributed by atoms with Gasteiger partial charge in [-0.05, 0) is 26.0 Å². The van der Waals surface area contributed by atoms with E-state index in [0.29, 0.717) is 0 Å². The lowest BCUT2D eigenvalue weighted by atomic mass is 10.1. The van der Waals surface area contributed by atoms with Gasteiger partial charge in [-0.15, -0.1) is 0 Å². The van der Waals surface area contributed by atoms with Crippen molar-refractivity contribution in [1.29, 1.82) is 0 Å². The molecule has 0 saturated carbocycles. The molecule has 0 radical (unpaired) electrons. The molecule has 1 aromatic heterocycles. The van der Waals surface area contributed by atoms with E-state index in [1.54, 1.807) is 0 Å². The molecule has 1 atom stereocenters. The summed E-state index contributed by atoms with van der Waals surface area (Å²) in [4.78, 5) is 6.57. The Balaban J connectivity index is 1.82. The number of rotatable bonds is 7. The van der Waals surface area contributed by atoms with Gasteiger partial charge in [0.05, 0.1) is 12.6 Å². The fourth-order valence-electron chi connectivity index (χ4n) is 2.28. The molecule has 0 saturated heterocycles. The molecule has 0 bridgehead atoms. The minimum atomic E-state index is -0.399. The van der Waals surface area contributed by atoms with Crippen molar-refractivity contribution < 1.29 is 5.11 Å². The SMILES string of the molecule is CCn1ccnc1CN(C)CC[C@@H](O)c1ccccc1. The first kappa shape index (κ1) is 14.8. The van der Waals surface area contributed by atoms with Crippen molar-refractivity contribution in [2.45, 2.75) is 32.5 Å². The quantitative estimate of drug-likeness (QED) is 0.842. The van der Waals surface area contributed by atoms with Gasteiger partial charge in [0.25, 0.3) is 0 Å². The van der Waals surface area contributed by atoms with Gasteiger partial charge in [-0.3, -0.25) is 4.90 Å². The van der Waals surface area contributed by atoms with Crippen LogP contribution in [0.25, 0.3) is 0 Å². The van der Waals surface area contributed by atoms with Gasteiger partial charge in [-0.2, -0.15) is 0 Å². The molecule has 0 fully saturated rings. The van der Waals surface area contributed by atoms with Crippen LogP contribution in [-0.2, 0) is 13.1 Å². The van der Waals surface area contributed by atoms with E-state index in [0.717, 1.165) is 37.4 Å². The second-order valence-corrected chi connectivity index (χ2v) is 5.08. The van der Waals surface area contributed by atoms with Gasteiger partial charge >= 0.3 is 0 Å². The Kier molecular flexibility index (Phi) is 5.32. The fraction of sp³-hybridized carbons (Fsp3) is 0.438. The number of benzene rings is 1. The second kappa shape index (κ2) is 7.22. The maximum absolute atomic E-state index is 10.1. The number of hydrogen-bond donors (Lipinski definition) is 1. The van der Waals surface area contributed by atoms with Crippen molar-refractivity contribution >= 4 is 0 Å². The Morgan fingerprint density at radius 3 is 2.75 bits per heavy atom. The van der Waals surface area contributed by atoms with E-state index >= 15 is 0 Å². The highest BCUT2D eigenvalue weighted by atomic mass is 16.3. The van der Waals surface area contributed by atoms with Crippen LogP contribution in [0.4, 0.5) is 0 Å². The number of imidazole rings is 1. The van der Waals surface area contributed by atoms with Gasteiger partial charge in [0, 0.05) is 25.5 Å². The summed E-state index contributed by atoms with van der Waals surface area (Å²) < 4.78 is 2.14. The summed E-state index contributed by atoms with van der Waals surface area (Å²) in [6, 6.07) is 9.82. The third kappa shape index (κ3) is 3.92. The van der Waals surface area contributed by atoms with Gasteiger partial charge in [0.15, 0.2) is 0 Å². The van der Waals surface area contributed by atoms with Crippen molar-refractivity contribution in [2.24, 2.45) is 0 Å². The fourth-order valence-corrected chi connectivity index (χ4v) is 2.28. The average molecular weight is 273 g/mol. The van der Waals surface area contributed by atoms with Crippen molar-refractivity contribution in [3.63, 3.8) is 0 Å². The van der Waals surface area contributed by atoms with Crippen molar-refractivity contribution in [3.05, 3.63) is 54.1 Å². The number of aromatic nitrogens is 2. The molecule has 20 heavy (non-hydrogen) atoms. The van der Waals surface area contributed by atoms with Crippen LogP contribution < -0.4 is 0 Å². The minimum absolute atomic E-state index is 0.399. The van der Waals surface area contributed by atoms with Crippen LogP contribution >= 0.6 is 0 Å². The maximum atomic E-state index is 10.1. The van der Waals surface area contributed by atoms with Gasteiger partial charge in [0.2, 0.25) is 0 Å². The zero-order valence-electron chi connectivity index (χ0n) is 12.2. The van der Waals surface area contributed by atoms with Gasteiger partial charge in [-0.1, -0.05) is 30.3 Å². The summed E-state index contributed by atoms with van der Waals surface area (Å²) in [5.74, 6) is 1.07. The predicted molar refractivity (Wildman–Crippen MR) is 80.3 cm³/mol. The third-order valence-electron chi connectivity index (χ3n) is 3.52. The molecule has 108 valence electrons. The van der Waals surface area contributed by atoms with Crippen molar-refractivity contribution in [3.8, 4) is 0 Å². The monoisotopic (exact) mass is 273 g/mol. The van der Waals surface area contributed by atoms with E-state index in [1.165, 1.54) is 0 Å². The molecular formula is C16H23N3O. The first-order valence-corrected chi connectivity index (χ1v) is 7.12. The average Bonchev–Trinajstić information content (AvgIpc) is 2.92. The predicted octanol–water partition coefficient (Wildman–Crippen LogP) is 2.46. The Morgan fingerprint density at radius 1 is 1.30 bits per heavy atom. The highest BCUT2D eigenvalue weighted by molar-refractivity contribution is 5.17. The zero-order valence-corrected chi connectivity index (χ0v) is 12.2. The lowest BCUT2D eigenvalue weighted by Crippen LogP contribution is -2.23. The Labute approximate surface area is 120 Å². The summed E-state index contributed by atoms with van der Waals surface area (Å²) in [5, 5.41) is 10.1. The van der Waals surface area contributed by atoms with Gasteiger partial charge < -0.3 is 9.67 Å². The van der Waals surface area contributed by atoms with Crippen LogP contribution in [0.2, 0.25) is 0 Å². The third-order valence-corrected chi connectivity index (χ3v) is 3.52. The summed E-state index contributed by atoms with van der Waals surface area (Å²) in [5.41, 5.74) is 0.982.